The third kappa shape index (κ3) is 4.89. The molecule has 0 radical (unpaired) electrons. The molecule has 10 heteroatoms. The van der Waals surface area contributed by atoms with Gasteiger partial charge >= 0.3 is 6.03 Å². The van der Waals surface area contributed by atoms with Crippen LogP contribution in [0.4, 0.5) is 10.5 Å². The molecular formula is C24H29Cl2N7O. The monoisotopic (exact) mass is 501 g/mol. The van der Waals surface area contributed by atoms with E-state index in [0.717, 1.165) is 54.9 Å². The third-order valence-corrected chi connectivity index (χ3v) is 7.42. The van der Waals surface area contributed by atoms with Crippen molar-refractivity contribution in [2.45, 2.75) is 38.1 Å². The fourth-order valence-corrected chi connectivity index (χ4v) is 5.48. The molecule has 1 aromatic heterocycles. The largest absolute Gasteiger partial charge is 0.330 e. The highest BCUT2D eigenvalue weighted by atomic mass is 35.5. The first kappa shape index (κ1) is 24.4. The molecule has 0 spiro atoms. The van der Waals surface area contributed by atoms with Gasteiger partial charge in [0.25, 0.3) is 0 Å². The number of benzene rings is 2. The Morgan fingerprint density at radius 3 is 2.53 bits per heavy atom. The van der Waals surface area contributed by atoms with Crippen molar-refractivity contribution in [2.24, 2.45) is 11.1 Å². The Kier molecular flexibility index (Phi) is 7.40. The first-order valence-corrected chi connectivity index (χ1v) is 11.8. The molecule has 0 unspecified atom stereocenters. The molecule has 8 nitrogen and oxygen atoms in total. The smallest absolute Gasteiger partial charge is 0.324 e. The average molecular weight is 502 g/mol. The van der Waals surface area contributed by atoms with Gasteiger partial charge in [-0.15, -0.1) is 22.6 Å². The van der Waals surface area contributed by atoms with E-state index < -0.39 is 0 Å². The number of amides is 2. The van der Waals surface area contributed by atoms with Crippen LogP contribution in [0, 0.1) is 5.41 Å². The van der Waals surface area contributed by atoms with Crippen LogP contribution in [0.2, 0.25) is 5.02 Å². The number of carbonyl (C=O) groups excluding carboxylic acids is 1. The molecule has 1 aliphatic carbocycles. The van der Waals surface area contributed by atoms with Crippen LogP contribution in [0.25, 0.3) is 11.4 Å². The predicted molar refractivity (Wildman–Crippen MR) is 135 cm³/mol. The highest BCUT2D eigenvalue weighted by Crippen LogP contribution is 2.41. The molecule has 180 valence electrons. The Hall–Kier alpha value is -2.68. The van der Waals surface area contributed by atoms with Gasteiger partial charge in [0.2, 0.25) is 5.82 Å². The summed E-state index contributed by atoms with van der Waals surface area (Å²) in [7, 11) is 0. The molecule has 5 rings (SSSR count). The third-order valence-electron chi connectivity index (χ3n) is 7.18. The summed E-state index contributed by atoms with van der Waals surface area (Å²) >= 11 is 6.18. The lowest BCUT2D eigenvalue weighted by Crippen LogP contribution is -2.45. The average Bonchev–Trinajstić information content (AvgIpc) is 3.50. The lowest BCUT2D eigenvalue weighted by molar-refractivity contribution is 0.119. The number of H-pyrrole nitrogens is 1. The number of tetrazole rings is 1. The number of nitrogens with one attached hydrogen (secondary N) is 1. The van der Waals surface area contributed by atoms with Crippen LogP contribution in [-0.4, -0.2) is 57.2 Å². The number of hydrogen-bond acceptors (Lipinski definition) is 5. The normalized spacial score (nSPS) is 22.6. The van der Waals surface area contributed by atoms with E-state index in [-0.39, 0.29) is 29.9 Å². The van der Waals surface area contributed by atoms with E-state index in [1.807, 2.05) is 52.3 Å². The number of aromatic amines is 1. The maximum absolute atomic E-state index is 13.3. The Labute approximate surface area is 210 Å². The van der Waals surface area contributed by atoms with Gasteiger partial charge in [0.1, 0.15) is 0 Å². The molecule has 2 aliphatic rings. The van der Waals surface area contributed by atoms with E-state index in [1.54, 1.807) is 0 Å². The number of urea groups is 1. The van der Waals surface area contributed by atoms with Crippen molar-refractivity contribution in [3.05, 3.63) is 59.1 Å². The van der Waals surface area contributed by atoms with Crippen LogP contribution in [0.3, 0.4) is 0 Å². The van der Waals surface area contributed by atoms with E-state index >= 15 is 0 Å². The summed E-state index contributed by atoms with van der Waals surface area (Å²) in [5, 5.41) is 14.8. The molecule has 34 heavy (non-hydrogen) atoms. The second kappa shape index (κ2) is 10.3. The van der Waals surface area contributed by atoms with Gasteiger partial charge in [0, 0.05) is 35.4 Å². The first-order valence-electron chi connectivity index (χ1n) is 11.4. The molecule has 2 heterocycles. The molecule has 0 atom stereocenters. The van der Waals surface area contributed by atoms with Crippen LogP contribution < -0.4 is 10.6 Å². The highest BCUT2D eigenvalue weighted by Gasteiger charge is 2.40. The van der Waals surface area contributed by atoms with E-state index in [1.165, 1.54) is 5.56 Å². The van der Waals surface area contributed by atoms with Crippen molar-refractivity contribution in [3.63, 3.8) is 0 Å². The molecule has 2 fully saturated rings. The lowest BCUT2D eigenvalue weighted by Gasteiger charge is -2.42. The Morgan fingerprint density at radius 2 is 1.88 bits per heavy atom. The van der Waals surface area contributed by atoms with Gasteiger partial charge in [-0.1, -0.05) is 23.7 Å². The summed E-state index contributed by atoms with van der Waals surface area (Å²) in [5.74, 6) is 0.541. The van der Waals surface area contributed by atoms with Gasteiger partial charge in [-0.3, -0.25) is 4.90 Å². The Bertz CT molecular complexity index is 1100. The fourth-order valence-electron chi connectivity index (χ4n) is 5.27. The molecule has 2 aromatic carbocycles. The van der Waals surface area contributed by atoms with E-state index in [0.29, 0.717) is 18.9 Å². The number of anilines is 1. The standard InChI is InChI=1S/C24H28ClN7O.ClH/c25-19-3-1-2-17(14-19)15-24(16-26)10-8-21(9-11-24)32-13-12-31(23(32)33)20-6-4-18(5-7-20)22-27-29-30-28-22;/h1-7,14,21H,8-13,15-16,26H2,(H,27,28,29,30);1H. The number of aromatic nitrogens is 4. The van der Waals surface area contributed by atoms with Gasteiger partial charge in [0.05, 0.1) is 0 Å². The number of nitrogens with zero attached hydrogens (tertiary/aromatic N) is 5. The molecule has 2 amide bonds. The highest BCUT2D eigenvalue weighted by molar-refractivity contribution is 6.30. The number of halogens is 2. The summed E-state index contributed by atoms with van der Waals surface area (Å²) in [4.78, 5) is 17.2. The summed E-state index contributed by atoms with van der Waals surface area (Å²) in [5.41, 5.74) is 9.33. The molecule has 0 bridgehead atoms. The SMILES string of the molecule is Cl.NCC1(Cc2cccc(Cl)c2)CCC(N2CCN(c3ccc(-c4nn[nH]n4)cc3)C2=O)CC1. The van der Waals surface area contributed by atoms with Gasteiger partial charge in [0.15, 0.2) is 0 Å². The first-order chi connectivity index (χ1) is 16.1. The maximum Gasteiger partial charge on any atom is 0.324 e. The lowest BCUT2D eigenvalue weighted by atomic mass is 9.69. The van der Waals surface area contributed by atoms with Crippen molar-refractivity contribution < 1.29 is 4.79 Å². The van der Waals surface area contributed by atoms with Crippen LogP contribution in [-0.2, 0) is 6.42 Å². The van der Waals surface area contributed by atoms with Crippen LogP contribution in [0.1, 0.15) is 31.2 Å². The second-order valence-electron chi connectivity index (χ2n) is 9.15. The minimum Gasteiger partial charge on any atom is -0.330 e. The zero-order valence-electron chi connectivity index (χ0n) is 18.9. The quantitative estimate of drug-likeness (QED) is 0.523. The van der Waals surface area contributed by atoms with Crippen molar-refractivity contribution in [1.29, 1.82) is 0 Å². The maximum atomic E-state index is 13.3. The summed E-state index contributed by atoms with van der Waals surface area (Å²) < 4.78 is 0. The minimum atomic E-state index is 0. The summed E-state index contributed by atoms with van der Waals surface area (Å²) in [6.45, 7) is 2.10. The Morgan fingerprint density at radius 1 is 1.12 bits per heavy atom. The van der Waals surface area contributed by atoms with Gasteiger partial charge in [-0.05, 0) is 91.2 Å². The van der Waals surface area contributed by atoms with Gasteiger partial charge in [-0.2, -0.15) is 5.21 Å². The molecular weight excluding hydrogens is 473 g/mol. The van der Waals surface area contributed by atoms with E-state index in [2.05, 4.69) is 26.7 Å². The Balaban J connectivity index is 0.00000274. The number of rotatable bonds is 6. The van der Waals surface area contributed by atoms with Gasteiger partial charge < -0.3 is 10.6 Å². The second-order valence-corrected chi connectivity index (χ2v) is 9.59. The van der Waals surface area contributed by atoms with E-state index in [9.17, 15) is 4.79 Å². The van der Waals surface area contributed by atoms with Crippen molar-refractivity contribution in [2.75, 3.05) is 24.5 Å². The number of carbonyl (C=O) groups is 1. The van der Waals surface area contributed by atoms with Crippen molar-refractivity contribution in [3.8, 4) is 11.4 Å². The summed E-state index contributed by atoms with van der Waals surface area (Å²) in [6.07, 6.45) is 4.93. The zero-order valence-corrected chi connectivity index (χ0v) is 20.4. The number of hydrogen-bond donors (Lipinski definition) is 2. The minimum absolute atomic E-state index is 0. The molecule has 1 aliphatic heterocycles. The van der Waals surface area contributed by atoms with Crippen molar-refractivity contribution >= 4 is 35.7 Å². The molecule has 3 N–H and O–H groups in total. The van der Waals surface area contributed by atoms with Crippen LogP contribution >= 0.6 is 24.0 Å². The molecule has 1 saturated carbocycles. The predicted octanol–water partition coefficient (Wildman–Crippen LogP) is 4.31. The van der Waals surface area contributed by atoms with E-state index in [4.69, 9.17) is 17.3 Å². The zero-order chi connectivity index (χ0) is 22.8. The van der Waals surface area contributed by atoms with Crippen LogP contribution in [0.15, 0.2) is 48.5 Å². The van der Waals surface area contributed by atoms with Crippen LogP contribution in [0.5, 0.6) is 0 Å². The molecule has 1 saturated heterocycles. The van der Waals surface area contributed by atoms with Crippen molar-refractivity contribution in [1.82, 2.24) is 25.5 Å². The topological polar surface area (TPSA) is 104 Å². The fraction of sp³-hybridized carbons (Fsp3) is 0.417. The summed E-state index contributed by atoms with van der Waals surface area (Å²) in [6, 6.07) is 16.1. The number of nitrogens with two attached hydrogens (primary N) is 1. The molecule has 3 aromatic rings. The van der Waals surface area contributed by atoms with Gasteiger partial charge in [-0.25, -0.2) is 4.79 Å².